The normalized spacial score (nSPS) is 25.9. The molecule has 4 nitrogen and oxygen atoms in total. The van der Waals surface area contributed by atoms with E-state index in [0.29, 0.717) is 11.8 Å². The average Bonchev–Trinajstić information content (AvgIpc) is 2.95. The number of phenolic OH excluding ortho intramolecular Hbond substituents is 1. The third kappa shape index (κ3) is 1.83. The maximum atomic E-state index is 9.78. The lowest BCUT2D eigenvalue weighted by atomic mass is 9.91. The summed E-state index contributed by atoms with van der Waals surface area (Å²) in [6.45, 7) is 3.23. The number of fused-ring (bicyclic) bond motifs is 2. The summed E-state index contributed by atoms with van der Waals surface area (Å²) in [4.78, 5) is 7.06. The molecule has 2 N–H and O–H groups in total. The Hall–Kier alpha value is -1.81. The van der Waals surface area contributed by atoms with Gasteiger partial charge in [0.15, 0.2) is 0 Å². The van der Waals surface area contributed by atoms with Gasteiger partial charge in [-0.1, -0.05) is 6.07 Å². The monoisotopic (exact) mass is 269 g/mol. The van der Waals surface area contributed by atoms with E-state index in [1.807, 2.05) is 24.4 Å². The van der Waals surface area contributed by atoms with E-state index < -0.39 is 0 Å². The summed E-state index contributed by atoms with van der Waals surface area (Å²) in [5.74, 6) is 2.07. The molecule has 0 amide bonds. The number of nitrogens with zero attached hydrogens (tertiary/aromatic N) is 2. The fourth-order valence-electron chi connectivity index (χ4n) is 3.70. The summed E-state index contributed by atoms with van der Waals surface area (Å²) in [7, 11) is 0. The second-order valence-electron chi connectivity index (χ2n) is 5.86. The SMILES string of the molecule is Oc1ccc2ccnc(N3CCCC4CNCC43)c2c1. The van der Waals surface area contributed by atoms with Crippen LogP contribution in [0, 0.1) is 5.92 Å². The fourth-order valence-corrected chi connectivity index (χ4v) is 3.70. The Bertz CT molecular complexity index is 643. The van der Waals surface area contributed by atoms with E-state index in [1.54, 1.807) is 6.07 Å². The summed E-state index contributed by atoms with van der Waals surface area (Å²) < 4.78 is 0. The molecule has 0 saturated carbocycles. The molecule has 0 radical (unpaired) electrons. The largest absolute Gasteiger partial charge is 0.508 e. The highest BCUT2D eigenvalue weighted by molar-refractivity contribution is 5.93. The van der Waals surface area contributed by atoms with Crippen molar-refractivity contribution < 1.29 is 5.11 Å². The Labute approximate surface area is 118 Å². The van der Waals surface area contributed by atoms with Crippen LogP contribution >= 0.6 is 0 Å². The van der Waals surface area contributed by atoms with E-state index in [2.05, 4.69) is 15.2 Å². The van der Waals surface area contributed by atoms with Crippen LogP contribution in [0.4, 0.5) is 5.82 Å². The van der Waals surface area contributed by atoms with Gasteiger partial charge < -0.3 is 15.3 Å². The Morgan fingerprint density at radius 2 is 2.20 bits per heavy atom. The minimum atomic E-state index is 0.310. The lowest BCUT2D eigenvalue weighted by Crippen LogP contribution is -2.45. The van der Waals surface area contributed by atoms with Crippen molar-refractivity contribution >= 4 is 16.6 Å². The second-order valence-corrected chi connectivity index (χ2v) is 5.86. The first-order valence-corrected chi connectivity index (χ1v) is 7.38. The number of pyridine rings is 1. The van der Waals surface area contributed by atoms with Crippen molar-refractivity contribution in [2.45, 2.75) is 18.9 Å². The maximum absolute atomic E-state index is 9.78. The molecule has 0 bridgehead atoms. The zero-order valence-electron chi connectivity index (χ0n) is 11.4. The van der Waals surface area contributed by atoms with Crippen molar-refractivity contribution in [3.8, 4) is 5.75 Å². The van der Waals surface area contributed by atoms with E-state index in [1.165, 1.54) is 12.8 Å². The van der Waals surface area contributed by atoms with Gasteiger partial charge >= 0.3 is 0 Å². The lowest BCUT2D eigenvalue weighted by molar-refractivity contribution is 0.384. The molecule has 4 heteroatoms. The molecule has 2 fully saturated rings. The molecule has 3 heterocycles. The molecule has 2 saturated heterocycles. The number of nitrogens with one attached hydrogen (secondary N) is 1. The Balaban J connectivity index is 1.82. The lowest BCUT2D eigenvalue weighted by Gasteiger charge is -2.38. The molecule has 2 atom stereocenters. The number of aromatic hydroxyl groups is 1. The van der Waals surface area contributed by atoms with Crippen molar-refractivity contribution in [2.75, 3.05) is 24.5 Å². The highest BCUT2D eigenvalue weighted by Crippen LogP contribution is 2.34. The zero-order valence-corrected chi connectivity index (χ0v) is 11.4. The number of hydrogen-bond acceptors (Lipinski definition) is 4. The summed E-state index contributed by atoms with van der Waals surface area (Å²) in [6, 6.07) is 8.09. The average molecular weight is 269 g/mol. The highest BCUT2D eigenvalue weighted by Gasteiger charge is 2.36. The molecule has 2 aromatic rings. The number of benzene rings is 1. The first-order chi connectivity index (χ1) is 9.83. The van der Waals surface area contributed by atoms with Gasteiger partial charge in [-0.15, -0.1) is 0 Å². The molecule has 2 unspecified atom stereocenters. The first-order valence-electron chi connectivity index (χ1n) is 7.38. The fraction of sp³-hybridized carbons (Fsp3) is 0.438. The van der Waals surface area contributed by atoms with Gasteiger partial charge in [-0.3, -0.25) is 0 Å². The molecule has 104 valence electrons. The smallest absolute Gasteiger partial charge is 0.136 e. The standard InChI is InChI=1S/C16H19N3O/c20-13-4-3-11-5-6-18-16(14(11)8-13)19-7-1-2-12-9-17-10-15(12)19/h3-6,8,12,15,17,20H,1-2,7,9-10H2. The van der Waals surface area contributed by atoms with E-state index in [9.17, 15) is 5.11 Å². The van der Waals surface area contributed by atoms with Crippen molar-refractivity contribution in [3.63, 3.8) is 0 Å². The van der Waals surface area contributed by atoms with E-state index in [-0.39, 0.29) is 0 Å². The summed E-state index contributed by atoms with van der Waals surface area (Å²) in [5.41, 5.74) is 0. The van der Waals surface area contributed by atoms with Gasteiger partial charge in [-0.25, -0.2) is 4.98 Å². The molecule has 2 aliphatic heterocycles. The van der Waals surface area contributed by atoms with Crippen LogP contribution in [0.1, 0.15) is 12.8 Å². The van der Waals surface area contributed by atoms with Gasteiger partial charge in [0.1, 0.15) is 11.6 Å². The summed E-state index contributed by atoms with van der Waals surface area (Å²) >= 11 is 0. The van der Waals surface area contributed by atoms with Crippen LogP contribution in [0.2, 0.25) is 0 Å². The van der Waals surface area contributed by atoms with E-state index in [0.717, 1.165) is 42.1 Å². The number of rotatable bonds is 1. The molecule has 1 aromatic carbocycles. The third-order valence-electron chi connectivity index (χ3n) is 4.68. The predicted octanol–water partition coefficient (Wildman–Crippen LogP) is 2.13. The highest BCUT2D eigenvalue weighted by atomic mass is 16.3. The van der Waals surface area contributed by atoms with E-state index >= 15 is 0 Å². The Morgan fingerprint density at radius 3 is 3.15 bits per heavy atom. The summed E-state index contributed by atoms with van der Waals surface area (Å²) in [5, 5.41) is 15.5. The molecule has 2 aliphatic rings. The van der Waals surface area contributed by atoms with Crippen LogP contribution in [-0.2, 0) is 0 Å². The second kappa shape index (κ2) is 4.63. The molecular weight excluding hydrogens is 250 g/mol. The minimum absolute atomic E-state index is 0.310. The third-order valence-corrected chi connectivity index (χ3v) is 4.68. The number of piperidine rings is 1. The molecule has 4 rings (SSSR count). The van der Waals surface area contributed by atoms with Crippen molar-refractivity contribution in [1.82, 2.24) is 10.3 Å². The molecular formula is C16H19N3O. The van der Waals surface area contributed by atoms with Crippen molar-refractivity contribution in [2.24, 2.45) is 5.92 Å². The first kappa shape index (κ1) is 12.0. The van der Waals surface area contributed by atoms with Gasteiger partial charge in [0.25, 0.3) is 0 Å². The van der Waals surface area contributed by atoms with E-state index in [4.69, 9.17) is 0 Å². The van der Waals surface area contributed by atoms with Gasteiger partial charge in [-0.05, 0) is 42.3 Å². The predicted molar refractivity (Wildman–Crippen MR) is 80.1 cm³/mol. The summed E-state index contributed by atoms with van der Waals surface area (Å²) in [6.07, 6.45) is 4.41. The van der Waals surface area contributed by atoms with Crippen LogP contribution < -0.4 is 10.2 Å². The van der Waals surface area contributed by atoms with Crippen LogP contribution in [0.3, 0.4) is 0 Å². The van der Waals surface area contributed by atoms with Crippen LogP contribution in [0.5, 0.6) is 5.75 Å². The number of aromatic nitrogens is 1. The number of hydrogen-bond donors (Lipinski definition) is 2. The molecule has 0 spiro atoms. The van der Waals surface area contributed by atoms with Gasteiger partial charge in [-0.2, -0.15) is 0 Å². The maximum Gasteiger partial charge on any atom is 0.136 e. The quantitative estimate of drug-likeness (QED) is 0.832. The van der Waals surface area contributed by atoms with Gasteiger partial charge in [0, 0.05) is 37.3 Å². The molecule has 0 aliphatic carbocycles. The Morgan fingerprint density at radius 1 is 1.25 bits per heavy atom. The topological polar surface area (TPSA) is 48.4 Å². The Kier molecular flexibility index (Phi) is 2.77. The number of phenols is 1. The van der Waals surface area contributed by atoms with Gasteiger partial charge in [0.05, 0.1) is 0 Å². The minimum Gasteiger partial charge on any atom is -0.508 e. The van der Waals surface area contributed by atoms with Crippen molar-refractivity contribution in [1.29, 1.82) is 0 Å². The van der Waals surface area contributed by atoms with Crippen molar-refractivity contribution in [3.05, 3.63) is 30.5 Å². The van der Waals surface area contributed by atoms with Gasteiger partial charge in [0.2, 0.25) is 0 Å². The molecule has 20 heavy (non-hydrogen) atoms. The zero-order chi connectivity index (χ0) is 13.5. The van der Waals surface area contributed by atoms with Crippen LogP contribution in [-0.4, -0.2) is 35.8 Å². The van der Waals surface area contributed by atoms with Crippen LogP contribution in [0.25, 0.3) is 10.8 Å². The molecule has 1 aromatic heterocycles. The number of anilines is 1. The van der Waals surface area contributed by atoms with Crippen LogP contribution in [0.15, 0.2) is 30.5 Å².